The van der Waals surface area contributed by atoms with Crippen LogP contribution in [-0.4, -0.2) is 19.1 Å². The van der Waals surface area contributed by atoms with E-state index in [4.69, 9.17) is 5.73 Å². The summed E-state index contributed by atoms with van der Waals surface area (Å²) in [4.78, 5) is 10.4. The Labute approximate surface area is 74.6 Å². The summed E-state index contributed by atoms with van der Waals surface area (Å²) < 4.78 is 4.64. The van der Waals surface area contributed by atoms with Crippen LogP contribution in [0.15, 0.2) is 12.7 Å². The van der Waals surface area contributed by atoms with E-state index >= 15 is 0 Å². The number of carbonyl (C=O) groups excluding carboxylic acids is 1. The monoisotopic (exact) mass is 173 g/mol. The van der Waals surface area contributed by atoms with Gasteiger partial charge in [-0.05, 0) is 13.3 Å². The van der Waals surface area contributed by atoms with E-state index in [1.807, 2.05) is 13.8 Å². The number of esters is 1. The van der Waals surface area contributed by atoms with E-state index in [1.54, 1.807) is 6.08 Å². The van der Waals surface area contributed by atoms with Gasteiger partial charge in [0, 0.05) is 13.0 Å². The zero-order valence-corrected chi connectivity index (χ0v) is 8.01. The Balaban J connectivity index is 0. The number of ether oxygens (including phenoxy) is 1. The Morgan fingerprint density at radius 3 is 2.33 bits per heavy atom. The molecule has 0 aromatic heterocycles. The van der Waals surface area contributed by atoms with Crippen LogP contribution in [0.3, 0.4) is 0 Å². The van der Waals surface area contributed by atoms with E-state index < -0.39 is 0 Å². The van der Waals surface area contributed by atoms with Gasteiger partial charge in [-0.25, -0.2) is 0 Å². The topological polar surface area (TPSA) is 52.3 Å². The zero-order valence-electron chi connectivity index (χ0n) is 8.01. The maximum atomic E-state index is 10.4. The first-order valence-corrected chi connectivity index (χ1v) is 4.19. The van der Waals surface area contributed by atoms with E-state index in [0.29, 0.717) is 19.6 Å². The molecule has 0 amide bonds. The van der Waals surface area contributed by atoms with Crippen molar-refractivity contribution in [2.45, 2.75) is 26.7 Å². The molecule has 0 aliphatic rings. The average Bonchev–Trinajstić information content (AvgIpc) is 2.06. The molecule has 12 heavy (non-hydrogen) atoms. The second-order valence-corrected chi connectivity index (χ2v) is 2.08. The maximum absolute atomic E-state index is 10.4. The minimum atomic E-state index is -0.0880. The molecule has 0 saturated heterocycles. The molecular weight excluding hydrogens is 154 g/mol. The van der Waals surface area contributed by atoms with Gasteiger partial charge in [-0.3, -0.25) is 4.79 Å². The van der Waals surface area contributed by atoms with Crippen molar-refractivity contribution in [3.8, 4) is 0 Å². The molecule has 0 bridgehead atoms. The zero-order chi connectivity index (χ0) is 9.82. The highest BCUT2D eigenvalue weighted by atomic mass is 16.5. The van der Waals surface area contributed by atoms with Gasteiger partial charge < -0.3 is 10.5 Å². The van der Waals surface area contributed by atoms with Crippen molar-refractivity contribution in [2.75, 3.05) is 13.2 Å². The molecule has 0 fully saturated rings. The van der Waals surface area contributed by atoms with Crippen molar-refractivity contribution in [1.29, 1.82) is 0 Å². The number of nitrogens with two attached hydrogens (primary N) is 1. The highest BCUT2D eigenvalue weighted by molar-refractivity contribution is 5.69. The fourth-order valence-corrected chi connectivity index (χ4v) is 0.437. The van der Waals surface area contributed by atoms with Gasteiger partial charge in [0.2, 0.25) is 0 Å². The molecule has 2 N–H and O–H groups in total. The van der Waals surface area contributed by atoms with E-state index in [1.165, 1.54) is 0 Å². The lowest BCUT2D eigenvalue weighted by Crippen LogP contribution is -2.01. The Bertz CT molecular complexity index is 105. The molecule has 3 heteroatoms. The van der Waals surface area contributed by atoms with Crippen molar-refractivity contribution in [2.24, 2.45) is 5.73 Å². The van der Waals surface area contributed by atoms with Gasteiger partial charge in [0.15, 0.2) is 0 Å². The van der Waals surface area contributed by atoms with Crippen LogP contribution >= 0.6 is 0 Å². The van der Waals surface area contributed by atoms with Crippen LogP contribution in [0.2, 0.25) is 0 Å². The molecule has 0 aliphatic carbocycles. The van der Waals surface area contributed by atoms with Crippen LogP contribution in [0, 0.1) is 0 Å². The van der Waals surface area contributed by atoms with Crippen molar-refractivity contribution >= 4 is 5.97 Å². The summed E-state index contributed by atoms with van der Waals surface area (Å²) in [7, 11) is 0. The summed E-state index contributed by atoms with van der Waals surface area (Å²) in [6, 6.07) is 0. The SMILES string of the molecule is C=CCN.CCCC(=O)OCC. The van der Waals surface area contributed by atoms with Crippen LogP contribution in [0.4, 0.5) is 0 Å². The molecule has 0 aliphatic heterocycles. The fourth-order valence-electron chi connectivity index (χ4n) is 0.437. The van der Waals surface area contributed by atoms with Crippen LogP contribution in [-0.2, 0) is 9.53 Å². The van der Waals surface area contributed by atoms with Gasteiger partial charge in [0.1, 0.15) is 0 Å². The summed E-state index contributed by atoms with van der Waals surface area (Å²) in [6.07, 6.45) is 3.08. The average molecular weight is 173 g/mol. The second-order valence-electron chi connectivity index (χ2n) is 2.08. The van der Waals surface area contributed by atoms with E-state index in [2.05, 4.69) is 11.3 Å². The molecule has 72 valence electrons. The first-order valence-electron chi connectivity index (χ1n) is 4.19. The van der Waals surface area contributed by atoms with Gasteiger partial charge in [0.25, 0.3) is 0 Å². The summed E-state index contributed by atoms with van der Waals surface area (Å²) in [5, 5.41) is 0. The summed E-state index contributed by atoms with van der Waals surface area (Å²) >= 11 is 0. The molecule has 0 rings (SSSR count). The van der Waals surface area contributed by atoms with Crippen LogP contribution < -0.4 is 5.73 Å². The Morgan fingerprint density at radius 1 is 1.58 bits per heavy atom. The third-order valence-corrected chi connectivity index (χ3v) is 0.926. The minimum absolute atomic E-state index is 0.0880. The molecular formula is C9H19NO2. The molecule has 0 atom stereocenters. The van der Waals surface area contributed by atoms with Gasteiger partial charge in [0.05, 0.1) is 6.61 Å². The van der Waals surface area contributed by atoms with E-state index in [-0.39, 0.29) is 5.97 Å². The lowest BCUT2D eigenvalue weighted by atomic mass is 10.3. The van der Waals surface area contributed by atoms with Gasteiger partial charge >= 0.3 is 5.97 Å². The molecule has 0 radical (unpaired) electrons. The van der Waals surface area contributed by atoms with E-state index in [9.17, 15) is 4.79 Å². The minimum Gasteiger partial charge on any atom is -0.466 e. The Kier molecular flexibility index (Phi) is 14.7. The van der Waals surface area contributed by atoms with Crippen molar-refractivity contribution in [1.82, 2.24) is 0 Å². The van der Waals surface area contributed by atoms with Gasteiger partial charge in [-0.15, -0.1) is 6.58 Å². The van der Waals surface area contributed by atoms with Crippen LogP contribution in [0.1, 0.15) is 26.7 Å². The lowest BCUT2D eigenvalue weighted by Gasteiger charge is -1.96. The largest absolute Gasteiger partial charge is 0.466 e. The molecule has 0 unspecified atom stereocenters. The maximum Gasteiger partial charge on any atom is 0.305 e. The van der Waals surface area contributed by atoms with Crippen molar-refractivity contribution in [3.05, 3.63) is 12.7 Å². The summed E-state index contributed by atoms with van der Waals surface area (Å²) in [6.45, 7) is 8.20. The van der Waals surface area contributed by atoms with Crippen LogP contribution in [0.5, 0.6) is 0 Å². The predicted molar refractivity (Wildman–Crippen MR) is 50.8 cm³/mol. The lowest BCUT2D eigenvalue weighted by molar-refractivity contribution is -0.143. The fraction of sp³-hybridized carbons (Fsp3) is 0.667. The highest BCUT2D eigenvalue weighted by Crippen LogP contribution is 1.89. The molecule has 0 aromatic carbocycles. The third kappa shape index (κ3) is 16.1. The number of hydrogen-bond acceptors (Lipinski definition) is 3. The molecule has 0 heterocycles. The second kappa shape index (κ2) is 12.8. The first kappa shape index (κ1) is 13.7. The van der Waals surface area contributed by atoms with Crippen molar-refractivity contribution in [3.63, 3.8) is 0 Å². The predicted octanol–water partition coefficient (Wildman–Crippen LogP) is 1.48. The van der Waals surface area contributed by atoms with Gasteiger partial charge in [-0.1, -0.05) is 13.0 Å². The molecule has 0 spiro atoms. The Morgan fingerprint density at radius 2 is 2.08 bits per heavy atom. The molecule has 3 nitrogen and oxygen atoms in total. The summed E-state index contributed by atoms with van der Waals surface area (Å²) in [5.74, 6) is -0.0880. The Hall–Kier alpha value is -0.830. The normalized spacial score (nSPS) is 7.92. The summed E-state index contributed by atoms with van der Waals surface area (Å²) in [5.41, 5.74) is 4.91. The quantitative estimate of drug-likeness (QED) is 0.517. The number of hydrogen-bond donors (Lipinski definition) is 1. The van der Waals surface area contributed by atoms with Gasteiger partial charge in [-0.2, -0.15) is 0 Å². The number of rotatable bonds is 4. The third-order valence-electron chi connectivity index (χ3n) is 0.926. The standard InChI is InChI=1S/C6H12O2.C3H7N/c1-3-5-6(7)8-4-2;1-2-3-4/h3-5H2,1-2H3;2H,1,3-4H2. The van der Waals surface area contributed by atoms with Crippen molar-refractivity contribution < 1.29 is 9.53 Å². The number of carbonyl (C=O) groups is 1. The molecule has 0 aromatic rings. The first-order chi connectivity index (χ1) is 5.72. The molecule has 0 saturated carbocycles. The van der Waals surface area contributed by atoms with Crippen LogP contribution in [0.25, 0.3) is 0 Å². The van der Waals surface area contributed by atoms with E-state index in [0.717, 1.165) is 6.42 Å². The highest BCUT2D eigenvalue weighted by Gasteiger charge is 1.95. The smallest absolute Gasteiger partial charge is 0.305 e.